The van der Waals surface area contributed by atoms with E-state index in [0.29, 0.717) is 6.61 Å². The van der Waals surface area contributed by atoms with Crippen molar-refractivity contribution >= 4 is 5.91 Å². The minimum Gasteiger partial charge on any atom is -0.376 e. The molecule has 3 rings (SSSR count). The van der Waals surface area contributed by atoms with Crippen molar-refractivity contribution in [2.24, 2.45) is 0 Å². The van der Waals surface area contributed by atoms with Crippen LogP contribution in [0.25, 0.3) is 0 Å². The lowest BCUT2D eigenvalue weighted by Gasteiger charge is -2.32. The number of nitrogens with one attached hydrogen (secondary N) is 1. The number of nitrogens with zero attached hydrogens (tertiary/aromatic N) is 1. The maximum Gasteiger partial charge on any atom is 0.246 e. The zero-order valence-corrected chi connectivity index (χ0v) is 13.3. The van der Waals surface area contributed by atoms with Crippen LogP contribution in [0.3, 0.4) is 0 Å². The van der Waals surface area contributed by atoms with E-state index in [4.69, 9.17) is 14.2 Å². The van der Waals surface area contributed by atoms with Crippen LogP contribution < -0.4 is 5.32 Å². The summed E-state index contributed by atoms with van der Waals surface area (Å²) in [7, 11) is 0. The molecule has 0 bridgehead atoms. The van der Waals surface area contributed by atoms with E-state index in [0.717, 1.165) is 44.5 Å². The summed E-state index contributed by atoms with van der Waals surface area (Å²) in [5.74, 6) is -0.0995. The normalized spacial score (nSPS) is 27.7. The second-order valence-corrected chi connectivity index (χ2v) is 6.04. The van der Waals surface area contributed by atoms with Crippen molar-refractivity contribution in [3.05, 3.63) is 30.1 Å². The van der Waals surface area contributed by atoms with E-state index in [9.17, 15) is 4.79 Å². The number of amides is 1. The number of rotatable bonds is 6. The smallest absolute Gasteiger partial charge is 0.246 e. The fourth-order valence-corrected chi connectivity index (χ4v) is 3.12. The Morgan fingerprint density at radius 3 is 2.78 bits per heavy atom. The molecule has 0 radical (unpaired) electrons. The van der Waals surface area contributed by atoms with Gasteiger partial charge in [-0.2, -0.15) is 0 Å². The SMILES string of the molecule is O=C(COCC1CCCO1)N[C@H]1CCCO[C@@H]1c1ccncc1. The van der Waals surface area contributed by atoms with Gasteiger partial charge in [-0.15, -0.1) is 0 Å². The van der Waals surface area contributed by atoms with Gasteiger partial charge < -0.3 is 19.5 Å². The van der Waals surface area contributed by atoms with Crippen LogP contribution in [0.1, 0.15) is 37.4 Å². The van der Waals surface area contributed by atoms with Gasteiger partial charge in [-0.3, -0.25) is 9.78 Å². The van der Waals surface area contributed by atoms with Crippen molar-refractivity contribution in [2.45, 2.75) is 43.9 Å². The molecule has 1 amide bonds. The molecule has 3 heterocycles. The lowest BCUT2D eigenvalue weighted by Crippen LogP contribution is -2.44. The molecule has 3 atom stereocenters. The molecule has 0 spiro atoms. The molecule has 1 aromatic heterocycles. The number of ether oxygens (including phenoxy) is 3. The van der Waals surface area contributed by atoms with Crippen LogP contribution in [0.2, 0.25) is 0 Å². The van der Waals surface area contributed by atoms with Crippen molar-refractivity contribution in [2.75, 3.05) is 26.4 Å². The Kier molecular flexibility index (Phi) is 5.96. The van der Waals surface area contributed by atoms with Crippen LogP contribution in [0.15, 0.2) is 24.5 Å². The lowest BCUT2D eigenvalue weighted by molar-refractivity contribution is -0.129. The van der Waals surface area contributed by atoms with E-state index < -0.39 is 0 Å². The molecule has 126 valence electrons. The Balaban J connectivity index is 1.47. The van der Waals surface area contributed by atoms with E-state index in [-0.39, 0.29) is 30.8 Å². The fraction of sp³-hybridized carbons (Fsp3) is 0.647. The minimum atomic E-state index is -0.117. The average Bonchev–Trinajstić information content (AvgIpc) is 3.09. The van der Waals surface area contributed by atoms with E-state index >= 15 is 0 Å². The molecule has 1 unspecified atom stereocenters. The molecule has 2 aliphatic heterocycles. The first-order valence-electron chi connectivity index (χ1n) is 8.33. The number of pyridine rings is 1. The first-order valence-corrected chi connectivity index (χ1v) is 8.33. The average molecular weight is 320 g/mol. The maximum absolute atomic E-state index is 12.1. The van der Waals surface area contributed by atoms with Crippen LogP contribution in [0, 0.1) is 0 Å². The highest BCUT2D eigenvalue weighted by molar-refractivity contribution is 5.77. The summed E-state index contributed by atoms with van der Waals surface area (Å²) in [4.78, 5) is 16.1. The topological polar surface area (TPSA) is 69.7 Å². The highest BCUT2D eigenvalue weighted by Gasteiger charge is 2.28. The van der Waals surface area contributed by atoms with Gasteiger partial charge in [0, 0.05) is 25.6 Å². The minimum absolute atomic E-state index is 0.0232. The van der Waals surface area contributed by atoms with Crippen molar-refractivity contribution < 1.29 is 19.0 Å². The van der Waals surface area contributed by atoms with Crippen LogP contribution in [0.4, 0.5) is 0 Å². The second kappa shape index (κ2) is 8.38. The highest BCUT2D eigenvalue weighted by Crippen LogP contribution is 2.27. The molecule has 6 heteroatoms. The van der Waals surface area contributed by atoms with Gasteiger partial charge in [-0.05, 0) is 43.4 Å². The van der Waals surface area contributed by atoms with Gasteiger partial charge in [0.25, 0.3) is 0 Å². The molecular weight excluding hydrogens is 296 g/mol. The standard InChI is InChI=1S/C17H24N2O4/c20-16(12-21-11-14-3-1-9-22-14)19-15-4-2-10-23-17(15)13-5-7-18-8-6-13/h5-8,14-15,17H,1-4,9-12H2,(H,19,20)/t14?,15-,17+/m0/s1. The molecule has 2 aliphatic rings. The number of aromatic nitrogens is 1. The van der Waals surface area contributed by atoms with Crippen molar-refractivity contribution in [3.63, 3.8) is 0 Å². The summed E-state index contributed by atoms with van der Waals surface area (Å²) < 4.78 is 16.8. The molecule has 2 saturated heterocycles. The Bertz CT molecular complexity index is 491. The third-order valence-electron chi connectivity index (χ3n) is 4.26. The van der Waals surface area contributed by atoms with E-state index in [1.54, 1.807) is 12.4 Å². The van der Waals surface area contributed by atoms with Crippen molar-refractivity contribution in [1.82, 2.24) is 10.3 Å². The molecule has 1 aromatic rings. The zero-order valence-electron chi connectivity index (χ0n) is 13.3. The molecule has 23 heavy (non-hydrogen) atoms. The van der Waals surface area contributed by atoms with Crippen molar-refractivity contribution in [1.29, 1.82) is 0 Å². The Morgan fingerprint density at radius 2 is 2.00 bits per heavy atom. The molecule has 0 saturated carbocycles. The Labute approximate surface area is 136 Å². The number of carbonyl (C=O) groups is 1. The van der Waals surface area contributed by atoms with E-state index in [2.05, 4.69) is 10.3 Å². The first kappa shape index (κ1) is 16.4. The van der Waals surface area contributed by atoms with E-state index in [1.807, 2.05) is 12.1 Å². The molecule has 2 fully saturated rings. The molecule has 0 aliphatic carbocycles. The molecular formula is C17H24N2O4. The van der Waals surface area contributed by atoms with Crippen LogP contribution in [-0.4, -0.2) is 49.5 Å². The van der Waals surface area contributed by atoms with Gasteiger partial charge in [-0.1, -0.05) is 0 Å². The Hall–Kier alpha value is -1.50. The monoisotopic (exact) mass is 320 g/mol. The van der Waals surface area contributed by atoms with Gasteiger partial charge in [-0.25, -0.2) is 0 Å². The fourth-order valence-electron chi connectivity index (χ4n) is 3.12. The number of hydrogen-bond acceptors (Lipinski definition) is 5. The summed E-state index contributed by atoms with van der Waals surface area (Å²) in [6.07, 6.45) is 7.47. The molecule has 1 N–H and O–H groups in total. The van der Waals surface area contributed by atoms with Gasteiger partial charge in [0.1, 0.15) is 12.7 Å². The van der Waals surface area contributed by atoms with Crippen LogP contribution in [-0.2, 0) is 19.0 Å². The van der Waals surface area contributed by atoms with Gasteiger partial charge in [0.05, 0.1) is 18.8 Å². The summed E-state index contributed by atoms with van der Waals surface area (Å²) in [6.45, 7) is 2.07. The van der Waals surface area contributed by atoms with Crippen molar-refractivity contribution in [3.8, 4) is 0 Å². The quantitative estimate of drug-likeness (QED) is 0.862. The highest BCUT2D eigenvalue weighted by atomic mass is 16.5. The third-order valence-corrected chi connectivity index (χ3v) is 4.26. The maximum atomic E-state index is 12.1. The number of hydrogen-bond donors (Lipinski definition) is 1. The number of carbonyl (C=O) groups excluding carboxylic acids is 1. The summed E-state index contributed by atoms with van der Waals surface area (Å²) in [5.41, 5.74) is 1.05. The first-order chi connectivity index (χ1) is 11.3. The van der Waals surface area contributed by atoms with E-state index in [1.165, 1.54) is 0 Å². The van der Waals surface area contributed by atoms with Gasteiger partial charge >= 0.3 is 0 Å². The van der Waals surface area contributed by atoms with Crippen LogP contribution >= 0.6 is 0 Å². The van der Waals surface area contributed by atoms with Gasteiger partial charge in [0.15, 0.2) is 0 Å². The largest absolute Gasteiger partial charge is 0.376 e. The molecule has 6 nitrogen and oxygen atoms in total. The summed E-state index contributed by atoms with van der Waals surface area (Å²) >= 11 is 0. The zero-order chi connectivity index (χ0) is 15.9. The third kappa shape index (κ3) is 4.73. The summed E-state index contributed by atoms with van der Waals surface area (Å²) in [5, 5.41) is 3.04. The summed E-state index contributed by atoms with van der Waals surface area (Å²) in [6, 6.07) is 3.84. The second-order valence-electron chi connectivity index (χ2n) is 6.04. The predicted octanol–water partition coefficient (Wildman–Crippen LogP) is 1.61. The Morgan fingerprint density at radius 1 is 1.22 bits per heavy atom. The van der Waals surface area contributed by atoms with Crippen LogP contribution in [0.5, 0.6) is 0 Å². The van der Waals surface area contributed by atoms with Gasteiger partial charge in [0.2, 0.25) is 5.91 Å². The lowest BCUT2D eigenvalue weighted by atomic mass is 9.96. The molecule has 0 aromatic carbocycles. The predicted molar refractivity (Wildman–Crippen MR) is 83.9 cm³/mol.